The van der Waals surface area contributed by atoms with E-state index in [1.165, 1.54) is 18.3 Å². The van der Waals surface area contributed by atoms with E-state index in [1.54, 1.807) is 0 Å². The Hall–Kier alpha value is -2.03. The number of nitrogen functional groups attached to an aromatic ring is 1. The number of carbonyl (C=O) groups excluding carboxylic acids is 1. The van der Waals surface area contributed by atoms with Crippen molar-refractivity contribution in [3.8, 4) is 0 Å². The molecule has 20 heavy (non-hydrogen) atoms. The Kier molecular flexibility index (Phi) is 5.56. The van der Waals surface area contributed by atoms with E-state index < -0.39 is 24.2 Å². The van der Waals surface area contributed by atoms with Gasteiger partial charge in [-0.1, -0.05) is 0 Å². The third-order valence-corrected chi connectivity index (χ3v) is 2.15. The summed E-state index contributed by atoms with van der Waals surface area (Å²) in [7, 11) is 0. The number of rotatable bonds is 6. The molecule has 0 fully saturated rings. The number of carbonyl (C=O) groups is 1. The highest BCUT2D eigenvalue weighted by Gasteiger charge is 2.27. The van der Waals surface area contributed by atoms with Crippen molar-refractivity contribution in [1.29, 1.82) is 0 Å². The summed E-state index contributed by atoms with van der Waals surface area (Å²) in [5, 5.41) is 2.33. The summed E-state index contributed by atoms with van der Waals surface area (Å²) in [6.45, 7) is -1.97. The molecular formula is C11H14F3N3O3. The lowest BCUT2D eigenvalue weighted by Gasteiger charge is -2.09. The summed E-state index contributed by atoms with van der Waals surface area (Å²) in [5.74, 6) is -0.520. The van der Waals surface area contributed by atoms with E-state index in [1.807, 2.05) is 0 Å². The second-order valence-corrected chi connectivity index (χ2v) is 3.95. The van der Waals surface area contributed by atoms with Crippen LogP contribution in [0.25, 0.3) is 0 Å². The van der Waals surface area contributed by atoms with Crippen molar-refractivity contribution in [1.82, 2.24) is 9.88 Å². The molecule has 1 aromatic rings. The zero-order chi connectivity index (χ0) is 15.2. The van der Waals surface area contributed by atoms with Gasteiger partial charge in [0.05, 0.1) is 6.61 Å². The lowest BCUT2D eigenvalue weighted by atomic mass is 10.4. The normalized spacial score (nSPS) is 11.3. The van der Waals surface area contributed by atoms with E-state index >= 15 is 0 Å². The largest absolute Gasteiger partial charge is 0.411 e. The number of alkyl halides is 3. The van der Waals surface area contributed by atoms with E-state index in [2.05, 4.69) is 10.1 Å². The second kappa shape index (κ2) is 6.94. The molecule has 0 aromatic carbocycles. The molecule has 0 aliphatic heterocycles. The van der Waals surface area contributed by atoms with Gasteiger partial charge in [-0.2, -0.15) is 13.2 Å². The van der Waals surface area contributed by atoms with E-state index in [0.717, 1.165) is 4.57 Å². The highest BCUT2D eigenvalue weighted by atomic mass is 19.4. The van der Waals surface area contributed by atoms with Crippen molar-refractivity contribution in [3.05, 3.63) is 28.7 Å². The Morgan fingerprint density at radius 1 is 1.40 bits per heavy atom. The van der Waals surface area contributed by atoms with Gasteiger partial charge in [0.25, 0.3) is 5.56 Å². The first-order chi connectivity index (χ1) is 9.28. The van der Waals surface area contributed by atoms with Crippen LogP contribution in [0.5, 0.6) is 0 Å². The first kappa shape index (κ1) is 16.0. The van der Waals surface area contributed by atoms with Crippen molar-refractivity contribution in [3.63, 3.8) is 0 Å². The first-order valence-electron chi connectivity index (χ1n) is 5.65. The van der Waals surface area contributed by atoms with Crippen LogP contribution < -0.4 is 16.6 Å². The fourth-order valence-corrected chi connectivity index (χ4v) is 1.33. The molecule has 0 saturated carbocycles. The number of pyridine rings is 1. The average molecular weight is 293 g/mol. The molecule has 0 unspecified atom stereocenters. The highest BCUT2D eigenvalue weighted by Crippen LogP contribution is 2.13. The summed E-state index contributed by atoms with van der Waals surface area (Å²) >= 11 is 0. The number of hydrogen-bond acceptors (Lipinski definition) is 4. The standard InChI is InChI=1S/C11H14F3N3O3/c12-11(13,14)7-20-4-3-16-9(18)6-17-5-8(15)1-2-10(17)19/h1-2,5H,3-4,6-7,15H2,(H,16,18). The number of nitrogens with two attached hydrogens (primary N) is 1. The van der Waals surface area contributed by atoms with Gasteiger partial charge in [0.1, 0.15) is 13.2 Å². The number of ether oxygens (including phenoxy) is 1. The Labute approximate surface area is 112 Å². The molecule has 0 bridgehead atoms. The quantitative estimate of drug-likeness (QED) is 0.730. The summed E-state index contributed by atoms with van der Waals surface area (Å²) < 4.78 is 40.7. The maximum atomic E-state index is 11.7. The van der Waals surface area contributed by atoms with Gasteiger partial charge in [-0.25, -0.2) is 0 Å². The van der Waals surface area contributed by atoms with E-state index in [-0.39, 0.29) is 19.7 Å². The van der Waals surface area contributed by atoms with Crippen LogP contribution in [-0.2, 0) is 16.1 Å². The number of hydrogen-bond donors (Lipinski definition) is 2. The van der Waals surface area contributed by atoms with Gasteiger partial charge >= 0.3 is 6.18 Å². The molecule has 1 aromatic heterocycles. The Balaban J connectivity index is 2.30. The predicted molar refractivity (Wildman–Crippen MR) is 65.0 cm³/mol. The summed E-state index contributed by atoms with van der Waals surface area (Å²) in [5.41, 5.74) is 5.39. The smallest absolute Gasteiger partial charge is 0.398 e. The zero-order valence-corrected chi connectivity index (χ0v) is 10.4. The summed E-state index contributed by atoms with van der Waals surface area (Å²) in [4.78, 5) is 22.8. The molecule has 0 aliphatic carbocycles. The van der Waals surface area contributed by atoms with Gasteiger partial charge in [-0.15, -0.1) is 0 Å². The molecular weight excluding hydrogens is 279 g/mol. The monoisotopic (exact) mass is 293 g/mol. The fourth-order valence-electron chi connectivity index (χ4n) is 1.33. The molecule has 1 heterocycles. The number of aromatic nitrogens is 1. The van der Waals surface area contributed by atoms with Crippen LogP contribution in [-0.4, -0.2) is 36.4 Å². The molecule has 0 spiro atoms. The van der Waals surface area contributed by atoms with E-state index in [9.17, 15) is 22.8 Å². The number of halogens is 3. The van der Waals surface area contributed by atoms with Crippen LogP contribution in [0.3, 0.4) is 0 Å². The molecule has 1 rings (SSSR count). The second-order valence-electron chi connectivity index (χ2n) is 3.95. The minimum absolute atomic E-state index is 0.0774. The maximum Gasteiger partial charge on any atom is 0.411 e. The lowest BCUT2D eigenvalue weighted by Crippen LogP contribution is -2.34. The highest BCUT2D eigenvalue weighted by molar-refractivity contribution is 5.75. The number of anilines is 1. The van der Waals surface area contributed by atoms with Crippen LogP contribution in [0, 0.1) is 0 Å². The molecule has 9 heteroatoms. The van der Waals surface area contributed by atoms with Crippen LogP contribution in [0.2, 0.25) is 0 Å². The number of nitrogens with one attached hydrogen (secondary N) is 1. The van der Waals surface area contributed by atoms with Gasteiger partial charge in [0.2, 0.25) is 5.91 Å². The van der Waals surface area contributed by atoms with E-state index in [4.69, 9.17) is 5.73 Å². The summed E-state index contributed by atoms with van der Waals surface area (Å²) in [6.07, 6.45) is -3.08. The molecule has 0 saturated heterocycles. The maximum absolute atomic E-state index is 11.7. The van der Waals surface area contributed by atoms with Gasteiger partial charge < -0.3 is 20.4 Å². The van der Waals surface area contributed by atoms with E-state index in [0.29, 0.717) is 5.69 Å². The Morgan fingerprint density at radius 2 is 2.10 bits per heavy atom. The molecule has 0 radical (unpaired) electrons. The van der Waals surface area contributed by atoms with Gasteiger partial charge in [-0.3, -0.25) is 9.59 Å². The minimum atomic E-state index is -4.39. The average Bonchev–Trinajstić information content (AvgIpc) is 2.32. The van der Waals surface area contributed by atoms with Crippen molar-refractivity contribution in [2.45, 2.75) is 12.7 Å². The zero-order valence-electron chi connectivity index (χ0n) is 10.4. The summed E-state index contributed by atoms with van der Waals surface area (Å²) in [6, 6.07) is 2.62. The van der Waals surface area contributed by atoms with Crippen LogP contribution in [0.1, 0.15) is 0 Å². The lowest BCUT2D eigenvalue weighted by molar-refractivity contribution is -0.173. The van der Waals surface area contributed by atoms with Crippen molar-refractivity contribution in [2.75, 3.05) is 25.5 Å². The number of amides is 1. The van der Waals surface area contributed by atoms with Crippen LogP contribution >= 0.6 is 0 Å². The van der Waals surface area contributed by atoms with Gasteiger partial charge in [0.15, 0.2) is 0 Å². The third kappa shape index (κ3) is 6.23. The van der Waals surface area contributed by atoms with Gasteiger partial charge in [0, 0.05) is 24.5 Å². The van der Waals surface area contributed by atoms with Crippen molar-refractivity contribution in [2.24, 2.45) is 0 Å². The molecule has 1 amide bonds. The van der Waals surface area contributed by atoms with Crippen LogP contribution in [0.15, 0.2) is 23.1 Å². The minimum Gasteiger partial charge on any atom is -0.398 e. The Bertz CT molecular complexity index is 514. The SMILES string of the molecule is Nc1ccc(=O)n(CC(=O)NCCOCC(F)(F)F)c1. The van der Waals surface area contributed by atoms with Crippen molar-refractivity contribution >= 4 is 11.6 Å². The Morgan fingerprint density at radius 3 is 2.75 bits per heavy atom. The molecule has 112 valence electrons. The third-order valence-electron chi connectivity index (χ3n) is 2.15. The van der Waals surface area contributed by atoms with Crippen LogP contribution in [0.4, 0.5) is 18.9 Å². The van der Waals surface area contributed by atoms with Gasteiger partial charge in [-0.05, 0) is 6.07 Å². The molecule has 6 nitrogen and oxygen atoms in total. The first-order valence-corrected chi connectivity index (χ1v) is 5.65. The van der Waals surface area contributed by atoms with Crippen molar-refractivity contribution < 1.29 is 22.7 Å². The molecule has 0 aliphatic rings. The topological polar surface area (TPSA) is 86.4 Å². The molecule has 0 atom stereocenters. The molecule has 3 N–H and O–H groups in total. The predicted octanol–water partition coefficient (Wildman–Crippen LogP) is 0.126. The fraction of sp³-hybridized carbons (Fsp3) is 0.455. The number of nitrogens with zero attached hydrogens (tertiary/aromatic N) is 1.